The van der Waals surface area contributed by atoms with Crippen LogP contribution in [0.3, 0.4) is 0 Å². The zero-order chi connectivity index (χ0) is 23.6. The first kappa shape index (κ1) is 20.3. The second-order valence-corrected chi connectivity index (χ2v) is 10.5. The number of hydrogen-bond acceptors (Lipinski definition) is 3. The Bertz CT molecular complexity index is 1700. The largest absolute Gasteiger partial charge is 0.370 e. The summed E-state index contributed by atoms with van der Waals surface area (Å²) < 4.78 is 18.2. The number of para-hydroxylation sites is 2. The molecule has 178 valence electrons. The van der Waals surface area contributed by atoms with Gasteiger partial charge in [-0.25, -0.2) is 0 Å². The van der Waals surface area contributed by atoms with Crippen LogP contribution in [0, 0.1) is 0 Å². The van der Waals surface area contributed by atoms with Crippen LogP contribution in [0.15, 0.2) is 48.5 Å². The van der Waals surface area contributed by atoms with Crippen molar-refractivity contribution in [1.29, 1.82) is 0 Å². The van der Waals surface area contributed by atoms with Crippen LogP contribution in [0.25, 0.3) is 43.6 Å². The number of nitrogens with two attached hydrogens (primary N) is 2. The van der Waals surface area contributed by atoms with E-state index in [2.05, 4.69) is 77.0 Å². The number of aromatic nitrogens is 2. The normalized spacial score (nSPS) is 29.6. The molecule has 3 aliphatic heterocycles. The Morgan fingerprint density at radius 2 is 1.77 bits per heavy atom. The number of benzene rings is 3. The minimum atomic E-state index is -0.696. The lowest BCUT2D eigenvalue weighted by Gasteiger charge is -2.46. The van der Waals surface area contributed by atoms with E-state index >= 15 is 0 Å². The van der Waals surface area contributed by atoms with E-state index in [0.717, 1.165) is 29.6 Å². The van der Waals surface area contributed by atoms with E-state index in [9.17, 15) is 5.11 Å². The van der Waals surface area contributed by atoms with Gasteiger partial charge < -0.3 is 34.3 Å². The highest BCUT2D eigenvalue weighted by Gasteiger charge is 2.54. The monoisotopic (exact) mass is 470 g/mol. The lowest BCUT2D eigenvalue weighted by atomic mass is 9.93. The average molecular weight is 471 g/mol. The van der Waals surface area contributed by atoms with Crippen molar-refractivity contribution in [2.75, 3.05) is 14.2 Å². The van der Waals surface area contributed by atoms with Gasteiger partial charge in [0.15, 0.2) is 11.8 Å². The third-order valence-corrected chi connectivity index (χ3v) is 8.93. The summed E-state index contributed by atoms with van der Waals surface area (Å²) in [6.07, 6.45) is 0.00358. The lowest BCUT2D eigenvalue weighted by molar-refractivity contribution is -0.735. The van der Waals surface area contributed by atoms with Gasteiger partial charge in [-0.1, -0.05) is 36.4 Å². The highest BCUT2D eigenvalue weighted by molar-refractivity contribution is 6.25. The fourth-order valence-electron chi connectivity index (χ4n) is 7.66. The second-order valence-electron chi connectivity index (χ2n) is 10.5. The third-order valence-electron chi connectivity index (χ3n) is 8.93. The van der Waals surface area contributed by atoms with Gasteiger partial charge in [0, 0.05) is 40.6 Å². The number of aliphatic hydroxyl groups is 1. The molecule has 3 aromatic carbocycles. The van der Waals surface area contributed by atoms with E-state index in [1.165, 1.54) is 38.1 Å². The first-order chi connectivity index (χ1) is 17.1. The molecule has 2 aromatic heterocycles. The molecule has 3 aliphatic rings. The van der Waals surface area contributed by atoms with Crippen molar-refractivity contribution in [2.24, 2.45) is 0 Å². The van der Waals surface area contributed by atoms with Crippen molar-refractivity contribution in [3.05, 3.63) is 59.7 Å². The van der Waals surface area contributed by atoms with Crippen LogP contribution in [-0.4, -0.2) is 40.5 Å². The number of aliphatic hydroxyl groups excluding tert-OH is 1. The fourth-order valence-corrected chi connectivity index (χ4v) is 7.66. The molecule has 0 saturated carbocycles. The molecule has 2 bridgehead atoms. The second kappa shape index (κ2) is 6.63. The minimum Gasteiger partial charge on any atom is -0.370 e. The predicted octanol–water partition coefficient (Wildman–Crippen LogP) is 2.15. The van der Waals surface area contributed by atoms with Gasteiger partial charge in [0.05, 0.1) is 34.7 Å². The van der Waals surface area contributed by atoms with Crippen molar-refractivity contribution in [3.63, 3.8) is 0 Å². The van der Waals surface area contributed by atoms with Crippen LogP contribution in [-0.2, 0) is 21.7 Å². The van der Waals surface area contributed by atoms with Crippen molar-refractivity contribution in [3.8, 4) is 0 Å². The first-order valence-electron chi connectivity index (χ1n) is 12.6. The maximum Gasteiger partial charge on any atom is 0.215 e. The number of likely N-dealkylation sites (N-methyl/N-ethyl adjacent to an activating group) is 1. The zero-order valence-corrected chi connectivity index (χ0v) is 20.2. The van der Waals surface area contributed by atoms with Crippen LogP contribution >= 0.6 is 0 Å². The summed E-state index contributed by atoms with van der Waals surface area (Å²) in [7, 11) is 3.95. The molecule has 5 heterocycles. The summed E-state index contributed by atoms with van der Waals surface area (Å²) in [4.78, 5) is 0. The van der Waals surface area contributed by atoms with Crippen LogP contribution in [0.5, 0.6) is 0 Å². The van der Waals surface area contributed by atoms with Crippen LogP contribution in [0.4, 0.5) is 0 Å². The number of ether oxygens (including phenoxy) is 2. The number of nitrogens with zero attached hydrogens (tertiary/aromatic N) is 2. The Kier molecular flexibility index (Phi) is 3.84. The van der Waals surface area contributed by atoms with E-state index in [1.807, 2.05) is 12.4 Å². The minimum absolute atomic E-state index is 0.126. The molecule has 8 rings (SSSR count). The molecule has 0 amide bonds. The quantitative estimate of drug-likeness (QED) is 0.370. The molecular weight excluding hydrogens is 440 g/mol. The lowest BCUT2D eigenvalue weighted by Crippen LogP contribution is -2.91. The van der Waals surface area contributed by atoms with Crippen molar-refractivity contribution in [1.82, 2.24) is 9.13 Å². The Morgan fingerprint density at radius 1 is 1.06 bits per heavy atom. The first-order valence-corrected chi connectivity index (χ1v) is 12.6. The molecule has 35 heavy (non-hydrogen) atoms. The average Bonchev–Trinajstić information content (AvgIpc) is 3.51. The fraction of sp³-hybridized carbons (Fsp3) is 0.357. The molecule has 7 heteroatoms. The third kappa shape index (κ3) is 2.21. The molecule has 0 spiro atoms. The molecule has 0 aliphatic carbocycles. The van der Waals surface area contributed by atoms with Gasteiger partial charge in [-0.05, 0) is 19.1 Å². The van der Waals surface area contributed by atoms with Crippen LogP contribution < -0.4 is 10.6 Å². The topological polar surface area (TPSA) is 81.8 Å². The van der Waals surface area contributed by atoms with E-state index in [0.29, 0.717) is 0 Å². The van der Waals surface area contributed by atoms with Gasteiger partial charge in [-0.3, -0.25) is 0 Å². The molecule has 1 unspecified atom stereocenters. The van der Waals surface area contributed by atoms with Crippen molar-refractivity contribution >= 4 is 43.6 Å². The Hall–Kier alpha value is -2.94. The Balaban J connectivity index is 1.71. The van der Waals surface area contributed by atoms with Gasteiger partial charge >= 0.3 is 0 Å². The highest BCUT2D eigenvalue weighted by Crippen LogP contribution is 2.53. The smallest absolute Gasteiger partial charge is 0.215 e. The van der Waals surface area contributed by atoms with Gasteiger partial charge in [0.2, 0.25) is 6.23 Å². The molecule has 5 aromatic rings. The van der Waals surface area contributed by atoms with Crippen LogP contribution in [0.1, 0.15) is 36.9 Å². The van der Waals surface area contributed by atoms with Crippen molar-refractivity contribution in [2.45, 2.75) is 50.2 Å². The summed E-state index contributed by atoms with van der Waals surface area (Å²) in [6.45, 7) is 2.96. The van der Waals surface area contributed by atoms with E-state index < -0.39 is 12.0 Å². The molecule has 0 radical (unpaired) electrons. The summed E-state index contributed by atoms with van der Waals surface area (Å²) in [6, 6.07) is 17.5. The molecule has 1 fully saturated rings. The number of methoxy groups -OCH3 is 1. The van der Waals surface area contributed by atoms with Gasteiger partial charge in [-0.15, -0.1) is 0 Å². The summed E-state index contributed by atoms with van der Waals surface area (Å²) in [5.41, 5.74) is 6.29. The summed E-state index contributed by atoms with van der Waals surface area (Å²) in [5, 5.41) is 20.4. The molecule has 7 nitrogen and oxygen atoms in total. The van der Waals surface area contributed by atoms with E-state index in [1.54, 1.807) is 0 Å². The van der Waals surface area contributed by atoms with E-state index in [4.69, 9.17) is 9.47 Å². The van der Waals surface area contributed by atoms with Gasteiger partial charge in [0.25, 0.3) is 0 Å². The number of fused-ring (bicyclic) bond motifs is 13. The van der Waals surface area contributed by atoms with Gasteiger partial charge in [0.1, 0.15) is 18.8 Å². The van der Waals surface area contributed by atoms with Crippen molar-refractivity contribution < 1.29 is 25.2 Å². The molecular formula is C28H30N4O3+2. The molecule has 5 atom stereocenters. The SMILES string of the molecule is C[NH2+][C@@H]1C[C@H]2O[C@@](C)([C@@H]1OC)n1c3ccccc3c3c4c(c5c6ccccc6n2c5c31)C(O)[NH2+]C4. The maximum atomic E-state index is 11.2. The Labute approximate surface area is 202 Å². The molecule has 5 N–H and O–H groups in total. The maximum absolute atomic E-state index is 11.2. The molecule has 1 saturated heterocycles. The predicted molar refractivity (Wildman–Crippen MR) is 134 cm³/mol. The standard InChI is InChI=1S/C28H28N4O3/c1-28-26(34-3)17(29-2)12-20(35-28)31-18-10-6-4-8-14(18)22-23-16(13-30-27(23)33)21-15-9-5-7-11-19(15)32(28)25(21)24(22)31/h4-11,17,20,26-27,29-30,33H,12-13H2,1-3H3/p+2/t17-,20-,26-,27?,28+/m1/s1. The number of hydrogen-bond donors (Lipinski definition) is 3. The summed E-state index contributed by atoms with van der Waals surface area (Å²) in [5.74, 6) is 0. The summed E-state index contributed by atoms with van der Waals surface area (Å²) >= 11 is 0. The highest BCUT2D eigenvalue weighted by atomic mass is 16.6. The Morgan fingerprint density at radius 3 is 2.51 bits per heavy atom. The zero-order valence-electron chi connectivity index (χ0n) is 20.2. The number of quaternary nitrogens is 2. The van der Waals surface area contributed by atoms with Crippen LogP contribution in [0.2, 0.25) is 0 Å². The number of rotatable bonds is 2. The van der Waals surface area contributed by atoms with E-state index in [-0.39, 0.29) is 18.4 Å². The van der Waals surface area contributed by atoms with Gasteiger partial charge in [-0.2, -0.15) is 0 Å².